The molecule has 0 saturated carbocycles. The zero-order valence-corrected chi connectivity index (χ0v) is 12.7. The van der Waals surface area contributed by atoms with Gasteiger partial charge in [0.15, 0.2) is 0 Å². The maximum Gasteiger partial charge on any atom is 0.255 e. The Bertz CT molecular complexity index is 671. The molecule has 21 heavy (non-hydrogen) atoms. The summed E-state index contributed by atoms with van der Waals surface area (Å²) in [6.07, 6.45) is 0. The summed E-state index contributed by atoms with van der Waals surface area (Å²) < 4.78 is 5.35. The zero-order valence-electron chi connectivity index (χ0n) is 11.9. The number of nitrogens with two attached hydrogens (primary N) is 1. The van der Waals surface area contributed by atoms with E-state index < -0.39 is 0 Å². The topological polar surface area (TPSA) is 64.3 Å². The van der Waals surface area contributed by atoms with E-state index in [4.69, 9.17) is 22.1 Å². The van der Waals surface area contributed by atoms with Gasteiger partial charge in [-0.2, -0.15) is 0 Å². The number of hydrogen-bond donors (Lipinski definition) is 2. The molecule has 0 aromatic heterocycles. The third-order valence-corrected chi connectivity index (χ3v) is 3.27. The first-order chi connectivity index (χ1) is 10.0. The van der Waals surface area contributed by atoms with Crippen LogP contribution in [0.5, 0.6) is 5.75 Å². The number of rotatable bonds is 4. The molecule has 0 saturated heterocycles. The highest BCUT2D eigenvalue weighted by molar-refractivity contribution is 6.34. The normalized spacial score (nSPS) is 10.2. The number of anilines is 2. The van der Waals surface area contributed by atoms with Gasteiger partial charge in [0.25, 0.3) is 5.91 Å². The van der Waals surface area contributed by atoms with Crippen molar-refractivity contribution in [2.45, 2.75) is 13.8 Å². The van der Waals surface area contributed by atoms with Gasteiger partial charge in [0, 0.05) is 5.56 Å². The molecule has 3 N–H and O–H groups in total. The van der Waals surface area contributed by atoms with E-state index in [1.165, 1.54) is 0 Å². The molecular weight excluding hydrogens is 288 g/mol. The van der Waals surface area contributed by atoms with Crippen LogP contribution in [0.2, 0.25) is 5.02 Å². The summed E-state index contributed by atoms with van der Waals surface area (Å²) in [5.41, 5.74) is 8.34. The first-order valence-corrected chi connectivity index (χ1v) is 6.99. The van der Waals surface area contributed by atoms with Gasteiger partial charge in [-0.15, -0.1) is 0 Å². The molecule has 0 heterocycles. The molecular formula is C16H17ClN2O2. The van der Waals surface area contributed by atoms with Crippen LogP contribution in [0.3, 0.4) is 0 Å². The van der Waals surface area contributed by atoms with Crippen LogP contribution in [0.25, 0.3) is 0 Å². The Morgan fingerprint density at radius 3 is 2.71 bits per heavy atom. The van der Waals surface area contributed by atoms with Crippen molar-refractivity contribution in [3.8, 4) is 5.75 Å². The molecule has 4 nitrogen and oxygen atoms in total. The minimum Gasteiger partial charge on any atom is -0.492 e. The van der Waals surface area contributed by atoms with Crippen molar-refractivity contribution >= 4 is 28.9 Å². The largest absolute Gasteiger partial charge is 0.492 e. The maximum atomic E-state index is 12.2. The molecule has 2 aromatic rings. The molecule has 0 aliphatic rings. The van der Waals surface area contributed by atoms with Crippen molar-refractivity contribution in [3.05, 3.63) is 52.5 Å². The first kappa shape index (κ1) is 15.2. The van der Waals surface area contributed by atoms with Crippen LogP contribution in [0.1, 0.15) is 22.8 Å². The third kappa shape index (κ3) is 3.67. The molecule has 0 aliphatic carbocycles. The van der Waals surface area contributed by atoms with Gasteiger partial charge in [-0.25, -0.2) is 0 Å². The van der Waals surface area contributed by atoms with Crippen LogP contribution < -0.4 is 15.8 Å². The number of aryl methyl sites for hydroxylation is 1. The van der Waals surface area contributed by atoms with Crippen molar-refractivity contribution in [1.29, 1.82) is 0 Å². The number of hydrogen-bond acceptors (Lipinski definition) is 3. The number of carbonyl (C=O) groups is 1. The third-order valence-electron chi connectivity index (χ3n) is 2.94. The van der Waals surface area contributed by atoms with Gasteiger partial charge in [0.05, 0.1) is 23.0 Å². The SMILES string of the molecule is CCOc1ccc(C(=O)Nc2cc(C)ccc2Cl)cc1N. The summed E-state index contributed by atoms with van der Waals surface area (Å²) in [6, 6.07) is 10.4. The van der Waals surface area contributed by atoms with Crippen LogP contribution in [-0.4, -0.2) is 12.5 Å². The van der Waals surface area contributed by atoms with Gasteiger partial charge in [-0.05, 0) is 49.7 Å². The van der Waals surface area contributed by atoms with Crippen LogP contribution in [-0.2, 0) is 0 Å². The fourth-order valence-corrected chi connectivity index (χ4v) is 2.07. The predicted octanol–water partition coefficient (Wildman–Crippen LogP) is 3.88. The van der Waals surface area contributed by atoms with Gasteiger partial charge in [-0.1, -0.05) is 17.7 Å². The minimum atomic E-state index is -0.266. The highest BCUT2D eigenvalue weighted by Crippen LogP contribution is 2.25. The molecule has 0 radical (unpaired) electrons. The molecule has 110 valence electrons. The molecule has 0 aliphatic heterocycles. The number of carbonyl (C=O) groups excluding carboxylic acids is 1. The molecule has 1 amide bonds. The first-order valence-electron chi connectivity index (χ1n) is 6.61. The standard InChI is InChI=1S/C16H17ClN2O2/c1-3-21-15-7-5-11(9-13(15)18)16(20)19-14-8-10(2)4-6-12(14)17/h4-9H,3,18H2,1-2H3,(H,19,20). The number of nitrogen functional groups attached to an aromatic ring is 1. The highest BCUT2D eigenvalue weighted by Gasteiger charge is 2.11. The van der Waals surface area contributed by atoms with Crippen molar-refractivity contribution in [2.24, 2.45) is 0 Å². The molecule has 0 bridgehead atoms. The molecule has 0 spiro atoms. The summed E-state index contributed by atoms with van der Waals surface area (Å²) in [6.45, 7) is 4.33. The fraction of sp³-hybridized carbons (Fsp3) is 0.188. The Hall–Kier alpha value is -2.20. The number of nitrogens with one attached hydrogen (secondary N) is 1. The van der Waals surface area contributed by atoms with E-state index in [1.54, 1.807) is 24.3 Å². The minimum absolute atomic E-state index is 0.266. The van der Waals surface area contributed by atoms with Gasteiger partial charge in [-0.3, -0.25) is 4.79 Å². The molecule has 0 atom stereocenters. The summed E-state index contributed by atoms with van der Waals surface area (Å²) >= 11 is 6.07. The Morgan fingerprint density at radius 2 is 2.05 bits per heavy atom. The summed E-state index contributed by atoms with van der Waals surface area (Å²) in [4.78, 5) is 12.2. The van der Waals surface area contributed by atoms with E-state index >= 15 is 0 Å². The van der Waals surface area contributed by atoms with Gasteiger partial charge in [0.1, 0.15) is 5.75 Å². The van der Waals surface area contributed by atoms with E-state index in [2.05, 4.69) is 5.32 Å². The van der Waals surface area contributed by atoms with Crippen LogP contribution in [0, 0.1) is 6.92 Å². The van der Waals surface area contributed by atoms with Crippen LogP contribution in [0.4, 0.5) is 11.4 Å². The lowest BCUT2D eigenvalue weighted by molar-refractivity contribution is 0.102. The summed E-state index contributed by atoms with van der Waals surface area (Å²) in [5, 5.41) is 3.27. The number of ether oxygens (including phenoxy) is 1. The van der Waals surface area contributed by atoms with E-state index in [0.717, 1.165) is 5.56 Å². The van der Waals surface area contributed by atoms with E-state index in [-0.39, 0.29) is 5.91 Å². The number of benzene rings is 2. The van der Waals surface area contributed by atoms with E-state index in [9.17, 15) is 4.79 Å². The Labute approximate surface area is 128 Å². The predicted molar refractivity (Wildman–Crippen MR) is 86.2 cm³/mol. The van der Waals surface area contributed by atoms with Gasteiger partial charge >= 0.3 is 0 Å². The van der Waals surface area contributed by atoms with Crippen LogP contribution in [0.15, 0.2) is 36.4 Å². The average Bonchev–Trinajstić information content (AvgIpc) is 2.45. The highest BCUT2D eigenvalue weighted by atomic mass is 35.5. The van der Waals surface area contributed by atoms with E-state index in [1.807, 2.05) is 26.0 Å². The lowest BCUT2D eigenvalue weighted by Gasteiger charge is -2.10. The molecule has 0 unspecified atom stereocenters. The van der Waals surface area contributed by atoms with Crippen LogP contribution >= 0.6 is 11.6 Å². The monoisotopic (exact) mass is 304 g/mol. The van der Waals surface area contributed by atoms with Crippen molar-refractivity contribution < 1.29 is 9.53 Å². The van der Waals surface area contributed by atoms with Gasteiger partial charge < -0.3 is 15.8 Å². The smallest absolute Gasteiger partial charge is 0.255 e. The lowest BCUT2D eigenvalue weighted by Crippen LogP contribution is -2.13. The number of halogens is 1. The molecule has 2 rings (SSSR count). The van der Waals surface area contributed by atoms with Crippen molar-refractivity contribution in [1.82, 2.24) is 0 Å². The number of amides is 1. The second-order valence-electron chi connectivity index (χ2n) is 4.62. The second kappa shape index (κ2) is 6.50. The Morgan fingerprint density at radius 1 is 1.29 bits per heavy atom. The molecule has 0 fully saturated rings. The quantitative estimate of drug-likeness (QED) is 0.842. The summed E-state index contributed by atoms with van der Waals surface area (Å²) in [5.74, 6) is 0.305. The molecule has 5 heteroatoms. The fourth-order valence-electron chi connectivity index (χ4n) is 1.91. The average molecular weight is 305 g/mol. The lowest BCUT2D eigenvalue weighted by atomic mass is 10.1. The second-order valence-corrected chi connectivity index (χ2v) is 5.03. The van der Waals surface area contributed by atoms with Gasteiger partial charge in [0.2, 0.25) is 0 Å². The molecule has 2 aromatic carbocycles. The Kier molecular flexibility index (Phi) is 4.70. The Balaban J connectivity index is 2.20. The maximum absolute atomic E-state index is 12.2. The zero-order chi connectivity index (χ0) is 15.4. The van der Waals surface area contributed by atoms with Crippen molar-refractivity contribution in [2.75, 3.05) is 17.7 Å². The summed E-state index contributed by atoms with van der Waals surface area (Å²) in [7, 11) is 0. The van der Waals surface area contributed by atoms with Crippen molar-refractivity contribution in [3.63, 3.8) is 0 Å². The van der Waals surface area contributed by atoms with E-state index in [0.29, 0.717) is 34.3 Å².